The van der Waals surface area contributed by atoms with Gasteiger partial charge in [0.1, 0.15) is 5.82 Å². The van der Waals surface area contributed by atoms with E-state index in [9.17, 15) is 14.0 Å². The highest BCUT2D eigenvalue weighted by Gasteiger charge is 2.41. The highest BCUT2D eigenvalue weighted by molar-refractivity contribution is 5.94. The number of carboxylic acids is 1. The van der Waals surface area contributed by atoms with E-state index in [1.54, 1.807) is 24.4 Å². The first kappa shape index (κ1) is 22.7. The van der Waals surface area contributed by atoms with Crippen molar-refractivity contribution in [2.75, 3.05) is 11.9 Å². The van der Waals surface area contributed by atoms with Crippen LogP contribution in [0.15, 0.2) is 54.7 Å². The predicted molar refractivity (Wildman–Crippen MR) is 126 cm³/mol. The number of carbonyl (C=O) groups excluding carboxylic acids is 1. The first-order valence-electron chi connectivity index (χ1n) is 11.1. The van der Waals surface area contributed by atoms with Gasteiger partial charge >= 0.3 is 5.97 Å². The smallest absolute Gasteiger partial charge is 0.305 e. The Bertz CT molecular complexity index is 1170. The third-order valence-corrected chi connectivity index (χ3v) is 6.23. The molecule has 1 aliphatic rings. The monoisotopic (exact) mass is 449 g/mol. The standard InChI is InChI=1S/C26H28FN3O3/c1-26(2)13-19(14-26)24(30-21-11-18-7-8-20(27)12-22(18)29-15-21)16-3-5-17(6-4-16)25(33)28-10-9-23(31)32/h3-8,11-12,15,19,24,30H,9-10,13-14H2,1-2H3,(H,28,33)(H,31,32). The lowest BCUT2D eigenvalue weighted by Gasteiger charge is -2.47. The van der Waals surface area contributed by atoms with Gasteiger partial charge in [-0.05, 0) is 60.1 Å². The number of aliphatic carboxylic acids is 1. The van der Waals surface area contributed by atoms with Crippen LogP contribution in [0.2, 0.25) is 0 Å². The van der Waals surface area contributed by atoms with Crippen LogP contribution < -0.4 is 10.6 Å². The molecule has 1 aliphatic carbocycles. The molecule has 1 heterocycles. The van der Waals surface area contributed by atoms with Gasteiger partial charge in [-0.2, -0.15) is 0 Å². The molecule has 3 N–H and O–H groups in total. The average Bonchev–Trinajstić information content (AvgIpc) is 2.75. The van der Waals surface area contributed by atoms with E-state index in [4.69, 9.17) is 5.11 Å². The number of hydrogen-bond donors (Lipinski definition) is 3. The summed E-state index contributed by atoms with van der Waals surface area (Å²) in [6, 6.07) is 14.0. The molecule has 4 rings (SSSR count). The second-order valence-corrected chi connectivity index (χ2v) is 9.54. The van der Waals surface area contributed by atoms with E-state index >= 15 is 0 Å². The van der Waals surface area contributed by atoms with Crippen molar-refractivity contribution in [2.24, 2.45) is 11.3 Å². The van der Waals surface area contributed by atoms with Crippen LogP contribution in [0.25, 0.3) is 10.9 Å². The first-order valence-corrected chi connectivity index (χ1v) is 11.1. The minimum absolute atomic E-state index is 0.0434. The van der Waals surface area contributed by atoms with E-state index in [0.717, 1.165) is 29.5 Å². The van der Waals surface area contributed by atoms with Gasteiger partial charge in [0.15, 0.2) is 0 Å². The molecule has 7 heteroatoms. The largest absolute Gasteiger partial charge is 0.481 e. The molecular formula is C26H28FN3O3. The number of fused-ring (bicyclic) bond motifs is 1. The molecule has 0 saturated heterocycles. The Morgan fingerprint density at radius 2 is 1.88 bits per heavy atom. The van der Waals surface area contributed by atoms with Gasteiger partial charge in [-0.15, -0.1) is 0 Å². The third kappa shape index (κ3) is 5.48. The molecule has 1 aromatic heterocycles. The SMILES string of the molecule is CC1(C)CC(C(Nc2cnc3cc(F)ccc3c2)c2ccc(C(=O)NCCC(=O)O)cc2)C1. The second-order valence-electron chi connectivity index (χ2n) is 9.54. The maximum Gasteiger partial charge on any atom is 0.305 e. The summed E-state index contributed by atoms with van der Waals surface area (Å²) in [6.45, 7) is 4.62. The van der Waals surface area contributed by atoms with E-state index in [-0.39, 0.29) is 30.7 Å². The van der Waals surface area contributed by atoms with Gasteiger partial charge in [0.05, 0.1) is 29.9 Å². The van der Waals surface area contributed by atoms with Crippen molar-refractivity contribution in [1.82, 2.24) is 10.3 Å². The molecule has 1 saturated carbocycles. The summed E-state index contributed by atoms with van der Waals surface area (Å²) >= 11 is 0. The Morgan fingerprint density at radius 3 is 2.55 bits per heavy atom. The van der Waals surface area contributed by atoms with Crippen LogP contribution in [-0.4, -0.2) is 28.5 Å². The number of aromatic nitrogens is 1. The fourth-order valence-electron chi connectivity index (χ4n) is 4.65. The molecule has 172 valence electrons. The Morgan fingerprint density at radius 1 is 1.15 bits per heavy atom. The molecule has 1 fully saturated rings. The number of carbonyl (C=O) groups is 2. The van der Waals surface area contributed by atoms with E-state index in [1.807, 2.05) is 18.2 Å². The molecule has 0 aliphatic heterocycles. The van der Waals surface area contributed by atoms with Gasteiger partial charge in [-0.3, -0.25) is 14.6 Å². The zero-order chi connectivity index (χ0) is 23.6. The highest BCUT2D eigenvalue weighted by atomic mass is 19.1. The maximum atomic E-state index is 13.5. The second kappa shape index (κ2) is 9.17. The number of pyridine rings is 1. The van der Waals surface area contributed by atoms with E-state index < -0.39 is 5.97 Å². The molecule has 6 nitrogen and oxygen atoms in total. The fraction of sp³-hybridized carbons (Fsp3) is 0.346. The number of carboxylic acid groups (broad SMARTS) is 1. The number of hydrogen-bond acceptors (Lipinski definition) is 4. The first-order chi connectivity index (χ1) is 15.7. The minimum atomic E-state index is -0.948. The van der Waals surface area contributed by atoms with Gasteiger partial charge in [-0.1, -0.05) is 26.0 Å². The van der Waals surface area contributed by atoms with Crippen LogP contribution in [0.3, 0.4) is 0 Å². The van der Waals surface area contributed by atoms with E-state index in [0.29, 0.717) is 22.4 Å². The zero-order valence-corrected chi connectivity index (χ0v) is 18.8. The number of benzene rings is 2. The van der Waals surface area contributed by atoms with Gasteiger partial charge < -0.3 is 15.7 Å². The van der Waals surface area contributed by atoms with E-state index in [2.05, 4.69) is 29.5 Å². The molecule has 0 spiro atoms. The summed E-state index contributed by atoms with van der Waals surface area (Å²) in [7, 11) is 0. The van der Waals surface area contributed by atoms with Crippen LogP contribution >= 0.6 is 0 Å². The summed E-state index contributed by atoms with van der Waals surface area (Å²) in [4.78, 5) is 27.3. The average molecular weight is 450 g/mol. The third-order valence-electron chi connectivity index (χ3n) is 6.23. The molecule has 1 unspecified atom stereocenters. The number of nitrogens with one attached hydrogen (secondary N) is 2. The molecule has 1 amide bonds. The number of anilines is 1. The number of nitrogens with zero attached hydrogens (tertiary/aromatic N) is 1. The van der Waals surface area contributed by atoms with Crippen LogP contribution in [0.4, 0.5) is 10.1 Å². The zero-order valence-electron chi connectivity index (χ0n) is 18.8. The van der Waals surface area contributed by atoms with Crippen molar-refractivity contribution in [1.29, 1.82) is 0 Å². The summed E-state index contributed by atoms with van der Waals surface area (Å²) in [5.74, 6) is -1.11. The highest BCUT2D eigenvalue weighted by Crippen LogP contribution is 2.51. The fourth-order valence-corrected chi connectivity index (χ4v) is 4.65. The molecule has 0 bridgehead atoms. The Hall–Kier alpha value is -3.48. The molecule has 3 aromatic rings. The summed E-state index contributed by atoms with van der Waals surface area (Å²) in [6.07, 6.45) is 3.77. The van der Waals surface area contributed by atoms with Crippen molar-refractivity contribution in [3.05, 3.63) is 71.7 Å². The predicted octanol–water partition coefficient (Wildman–Crippen LogP) is 5.17. The van der Waals surface area contributed by atoms with Gasteiger partial charge in [-0.25, -0.2) is 4.39 Å². The molecule has 1 atom stereocenters. The number of rotatable bonds is 8. The Labute approximate surface area is 192 Å². The molecule has 0 radical (unpaired) electrons. The Balaban J connectivity index is 1.53. The maximum absolute atomic E-state index is 13.5. The normalized spacial score (nSPS) is 16.1. The summed E-state index contributed by atoms with van der Waals surface area (Å²) < 4.78 is 13.5. The van der Waals surface area contributed by atoms with Crippen molar-refractivity contribution in [3.8, 4) is 0 Å². The molecular weight excluding hydrogens is 421 g/mol. The van der Waals surface area contributed by atoms with Crippen molar-refractivity contribution >= 4 is 28.5 Å². The van der Waals surface area contributed by atoms with Crippen LogP contribution in [0.5, 0.6) is 0 Å². The quantitative estimate of drug-likeness (QED) is 0.441. The number of halogens is 1. The van der Waals surface area contributed by atoms with E-state index in [1.165, 1.54) is 12.1 Å². The van der Waals surface area contributed by atoms with Crippen molar-refractivity contribution in [2.45, 2.75) is 39.2 Å². The number of amides is 1. The Kier molecular flexibility index (Phi) is 6.31. The lowest BCUT2D eigenvalue weighted by molar-refractivity contribution is -0.136. The summed E-state index contributed by atoms with van der Waals surface area (Å²) in [5.41, 5.74) is 3.33. The van der Waals surface area contributed by atoms with Crippen molar-refractivity contribution in [3.63, 3.8) is 0 Å². The van der Waals surface area contributed by atoms with Gasteiger partial charge in [0.25, 0.3) is 5.91 Å². The minimum Gasteiger partial charge on any atom is -0.481 e. The van der Waals surface area contributed by atoms with Crippen LogP contribution in [0, 0.1) is 17.2 Å². The van der Waals surface area contributed by atoms with Crippen LogP contribution in [0.1, 0.15) is 55.1 Å². The molecule has 2 aromatic carbocycles. The topological polar surface area (TPSA) is 91.3 Å². The lowest BCUT2D eigenvalue weighted by atomic mass is 9.61. The summed E-state index contributed by atoms with van der Waals surface area (Å²) in [5, 5.41) is 15.8. The van der Waals surface area contributed by atoms with Gasteiger partial charge in [0, 0.05) is 23.6 Å². The van der Waals surface area contributed by atoms with Crippen LogP contribution in [-0.2, 0) is 4.79 Å². The van der Waals surface area contributed by atoms with Gasteiger partial charge in [0.2, 0.25) is 0 Å². The lowest BCUT2D eigenvalue weighted by Crippen LogP contribution is -2.38. The van der Waals surface area contributed by atoms with Crippen molar-refractivity contribution < 1.29 is 19.1 Å². The molecule has 33 heavy (non-hydrogen) atoms.